The van der Waals surface area contributed by atoms with Crippen LogP contribution in [0.3, 0.4) is 0 Å². The third-order valence-electron chi connectivity index (χ3n) is 4.19. The molecular weight excluding hydrogens is 317 g/mol. The molecule has 0 spiro atoms. The highest BCUT2D eigenvalue weighted by Gasteiger charge is 2.29. The summed E-state index contributed by atoms with van der Waals surface area (Å²) < 4.78 is 18.6. The normalized spacial score (nSPS) is 17.3. The SMILES string of the molecule is COc1ccc(Cl)cc1C(=O)N1CCC(c2cccc(F)c2)C1. The molecule has 1 saturated heterocycles. The highest BCUT2D eigenvalue weighted by molar-refractivity contribution is 6.31. The Morgan fingerprint density at radius 2 is 2.13 bits per heavy atom. The third kappa shape index (κ3) is 3.32. The molecule has 5 heteroatoms. The van der Waals surface area contributed by atoms with Gasteiger partial charge in [-0.05, 0) is 42.3 Å². The van der Waals surface area contributed by atoms with Gasteiger partial charge in [0.15, 0.2) is 0 Å². The first-order chi connectivity index (χ1) is 11.1. The summed E-state index contributed by atoms with van der Waals surface area (Å²) in [7, 11) is 1.53. The number of rotatable bonds is 3. The van der Waals surface area contributed by atoms with Crippen molar-refractivity contribution in [1.29, 1.82) is 0 Å². The number of likely N-dealkylation sites (tertiary alicyclic amines) is 1. The second-order valence-corrected chi connectivity index (χ2v) is 6.07. The topological polar surface area (TPSA) is 29.5 Å². The van der Waals surface area contributed by atoms with E-state index in [9.17, 15) is 9.18 Å². The molecule has 1 heterocycles. The van der Waals surface area contributed by atoms with Crippen LogP contribution in [-0.2, 0) is 0 Å². The van der Waals surface area contributed by atoms with Crippen LogP contribution in [0.5, 0.6) is 5.75 Å². The number of methoxy groups -OCH3 is 1. The summed E-state index contributed by atoms with van der Waals surface area (Å²) in [5.41, 5.74) is 1.39. The maximum Gasteiger partial charge on any atom is 0.257 e. The Bertz CT molecular complexity index is 735. The Kier molecular flexibility index (Phi) is 4.53. The minimum Gasteiger partial charge on any atom is -0.496 e. The highest BCUT2D eigenvalue weighted by Crippen LogP contribution is 2.31. The second kappa shape index (κ2) is 6.59. The Balaban J connectivity index is 1.79. The fourth-order valence-electron chi connectivity index (χ4n) is 3.00. The van der Waals surface area contributed by atoms with Gasteiger partial charge in [-0.25, -0.2) is 4.39 Å². The van der Waals surface area contributed by atoms with Crippen molar-refractivity contribution in [3.8, 4) is 5.75 Å². The molecule has 0 saturated carbocycles. The molecule has 1 aliphatic heterocycles. The lowest BCUT2D eigenvalue weighted by Gasteiger charge is -2.18. The molecule has 3 nitrogen and oxygen atoms in total. The lowest BCUT2D eigenvalue weighted by molar-refractivity contribution is 0.0787. The van der Waals surface area contributed by atoms with Gasteiger partial charge >= 0.3 is 0 Å². The zero-order valence-corrected chi connectivity index (χ0v) is 13.5. The van der Waals surface area contributed by atoms with Crippen molar-refractivity contribution >= 4 is 17.5 Å². The fourth-order valence-corrected chi connectivity index (χ4v) is 3.17. The predicted molar refractivity (Wildman–Crippen MR) is 87.7 cm³/mol. The van der Waals surface area contributed by atoms with Gasteiger partial charge < -0.3 is 9.64 Å². The Hall–Kier alpha value is -2.07. The number of benzene rings is 2. The van der Waals surface area contributed by atoms with Crippen LogP contribution in [0.15, 0.2) is 42.5 Å². The van der Waals surface area contributed by atoms with E-state index in [1.54, 1.807) is 35.2 Å². The van der Waals surface area contributed by atoms with Gasteiger partial charge in [-0.15, -0.1) is 0 Å². The van der Waals surface area contributed by atoms with E-state index in [0.29, 0.717) is 29.4 Å². The molecule has 0 aromatic heterocycles. The monoisotopic (exact) mass is 333 g/mol. The zero-order valence-electron chi connectivity index (χ0n) is 12.8. The molecule has 120 valence electrons. The number of amides is 1. The standard InChI is InChI=1S/C18H17ClFNO2/c1-23-17-6-5-14(19)10-16(17)18(22)21-8-7-13(11-21)12-3-2-4-15(20)9-12/h2-6,9-10,13H,7-8,11H2,1H3. The summed E-state index contributed by atoms with van der Waals surface area (Å²) in [5.74, 6) is 0.306. The van der Waals surface area contributed by atoms with Gasteiger partial charge in [-0.1, -0.05) is 23.7 Å². The average Bonchev–Trinajstić information content (AvgIpc) is 3.04. The minimum absolute atomic E-state index is 0.108. The Morgan fingerprint density at radius 1 is 1.30 bits per heavy atom. The van der Waals surface area contributed by atoms with Crippen LogP contribution in [0.25, 0.3) is 0 Å². The van der Waals surface area contributed by atoms with Crippen molar-refractivity contribution in [2.75, 3.05) is 20.2 Å². The van der Waals surface area contributed by atoms with Crippen LogP contribution in [0.2, 0.25) is 5.02 Å². The van der Waals surface area contributed by atoms with Crippen molar-refractivity contribution in [3.05, 3.63) is 64.4 Å². The van der Waals surface area contributed by atoms with Gasteiger partial charge in [0.2, 0.25) is 0 Å². The van der Waals surface area contributed by atoms with E-state index in [2.05, 4.69) is 0 Å². The van der Waals surface area contributed by atoms with Gasteiger partial charge in [0, 0.05) is 24.0 Å². The maximum absolute atomic E-state index is 13.4. The van der Waals surface area contributed by atoms with Gasteiger partial charge in [0.25, 0.3) is 5.91 Å². The molecular formula is C18H17ClFNO2. The van der Waals surface area contributed by atoms with Crippen LogP contribution < -0.4 is 4.74 Å². The molecule has 0 bridgehead atoms. The first-order valence-corrected chi connectivity index (χ1v) is 7.84. The molecule has 1 fully saturated rings. The van der Waals surface area contributed by atoms with Gasteiger partial charge in [0.05, 0.1) is 12.7 Å². The molecule has 23 heavy (non-hydrogen) atoms. The summed E-state index contributed by atoms with van der Waals surface area (Å²) in [6, 6.07) is 11.6. The zero-order chi connectivity index (χ0) is 16.4. The summed E-state index contributed by atoms with van der Waals surface area (Å²) in [5, 5.41) is 0.495. The molecule has 0 N–H and O–H groups in total. The molecule has 3 rings (SSSR count). The lowest BCUT2D eigenvalue weighted by Crippen LogP contribution is -2.28. The number of halogens is 2. The summed E-state index contributed by atoms with van der Waals surface area (Å²) >= 11 is 6.00. The van der Waals surface area contributed by atoms with Crippen molar-refractivity contribution in [1.82, 2.24) is 4.90 Å². The third-order valence-corrected chi connectivity index (χ3v) is 4.42. The molecule has 1 atom stereocenters. The number of ether oxygens (including phenoxy) is 1. The maximum atomic E-state index is 13.4. The van der Waals surface area contributed by atoms with Gasteiger partial charge in [-0.3, -0.25) is 4.79 Å². The predicted octanol–water partition coefficient (Wildman–Crippen LogP) is 4.12. The first kappa shape index (κ1) is 15.8. The molecule has 1 unspecified atom stereocenters. The molecule has 0 aliphatic carbocycles. The van der Waals surface area contributed by atoms with Crippen molar-refractivity contribution in [2.45, 2.75) is 12.3 Å². The van der Waals surface area contributed by atoms with E-state index in [1.807, 2.05) is 6.07 Å². The summed E-state index contributed by atoms with van der Waals surface area (Å²) in [4.78, 5) is 14.5. The van der Waals surface area contributed by atoms with Crippen LogP contribution in [0.1, 0.15) is 28.3 Å². The largest absolute Gasteiger partial charge is 0.496 e. The summed E-state index contributed by atoms with van der Waals surface area (Å²) in [6.45, 7) is 1.20. The van der Waals surface area contributed by atoms with Crippen LogP contribution in [0.4, 0.5) is 4.39 Å². The van der Waals surface area contributed by atoms with E-state index in [1.165, 1.54) is 13.2 Å². The van der Waals surface area contributed by atoms with Gasteiger partial charge in [0.1, 0.15) is 11.6 Å². The number of hydrogen-bond acceptors (Lipinski definition) is 2. The van der Waals surface area contributed by atoms with Crippen LogP contribution >= 0.6 is 11.6 Å². The van der Waals surface area contributed by atoms with Crippen molar-refractivity contribution < 1.29 is 13.9 Å². The quantitative estimate of drug-likeness (QED) is 0.845. The Morgan fingerprint density at radius 3 is 2.87 bits per heavy atom. The number of nitrogens with zero attached hydrogens (tertiary/aromatic N) is 1. The molecule has 2 aromatic rings. The second-order valence-electron chi connectivity index (χ2n) is 5.64. The van der Waals surface area contributed by atoms with E-state index >= 15 is 0 Å². The molecule has 1 amide bonds. The van der Waals surface area contributed by atoms with E-state index < -0.39 is 0 Å². The lowest BCUT2D eigenvalue weighted by atomic mass is 9.98. The number of carbonyl (C=O) groups is 1. The Labute approximate surface area is 139 Å². The highest BCUT2D eigenvalue weighted by atomic mass is 35.5. The van der Waals surface area contributed by atoms with Crippen molar-refractivity contribution in [2.24, 2.45) is 0 Å². The molecule has 0 radical (unpaired) electrons. The van der Waals surface area contributed by atoms with Crippen LogP contribution in [-0.4, -0.2) is 31.0 Å². The van der Waals surface area contributed by atoms with Crippen molar-refractivity contribution in [3.63, 3.8) is 0 Å². The number of hydrogen-bond donors (Lipinski definition) is 0. The van der Waals surface area contributed by atoms with Crippen LogP contribution in [0, 0.1) is 5.82 Å². The van der Waals surface area contributed by atoms with Gasteiger partial charge in [-0.2, -0.15) is 0 Å². The van der Waals surface area contributed by atoms with E-state index in [-0.39, 0.29) is 17.6 Å². The molecule has 2 aromatic carbocycles. The summed E-state index contributed by atoms with van der Waals surface area (Å²) in [6.07, 6.45) is 0.818. The average molecular weight is 334 g/mol. The van der Waals surface area contributed by atoms with E-state index in [4.69, 9.17) is 16.3 Å². The fraction of sp³-hybridized carbons (Fsp3) is 0.278. The molecule has 1 aliphatic rings. The first-order valence-electron chi connectivity index (χ1n) is 7.47. The minimum atomic E-state index is -0.246. The number of carbonyl (C=O) groups excluding carboxylic acids is 1. The smallest absolute Gasteiger partial charge is 0.257 e. The van der Waals surface area contributed by atoms with E-state index in [0.717, 1.165) is 12.0 Å².